The van der Waals surface area contributed by atoms with Gasteiger partial charge in [0.1, 0.15) is 0 Å². The number of nitrogens with one attached hydrogen (secondary N) is 1. The predicted octanol–water partition coefficient (Wildman–Crippen LogP) is 1.78. The van der Waals surface area contributed by atoms with E-state index < -0.39 is 0 Å². The lowest BCUT2D eigenvalue weighted by molar-refractivity contribution is 0.381. The molecule has 0 aromatic rings. The molecule has 1 unspecified atom stereocenters. The first-order valence-electron chi connectivity index (χ1n) is 4.68. The highest BCUT2D eigenvalue weighted by molar-refractivity contribution is 5.72. The van der Waals surface area contributed by atoms with Crippen molar-refractivity contribution >= 4 is 6.21 Å². The van der Waals surface area contributed by atoms with Crippen LogP contribution in [0.4, 0.5) is 0 Å². The van der Waals surface area contributed by atoms with Gasteiger partial charge in [-0.2, -0.15) is 0 Å². The predicted molar refractivity (Wildman–Crippen MR) is 53.8 cm³/mol. The molecule has 1 N–H and O–H groups in total. The Bertz CT molecular complexity index is 184. The number of dihydropyridines is 1. The van der Waals surface area contributed by atoms with E-state index in [9.17, 15) is 0 Å². The summed E-state index contributed by atoms with van der Waals surface area (Å²) < 4.78 is 0. The molecule has 0 fully saturated rings. The first-order valence-corrected chi connectivity index (χ1v) is 4.68. The maximum atomic E-state index is 4.57. The lowest BCUT2D eigenvalue weighted by Gasteiger charge is -2.28. The third kappa shape index (κ3) is 2.18. The quantitative estimate of drug-likeness (QED) is 0.676. The standard InChI is InChI=1S/C10H18N2/c1-3-10(7-9-11-2)6-4-5-8-12-10/h4-5,8,11H,3,6-7,9H2,1-2H3. The van der Waals surface area contributed by atoms with Crippen LogP contribution in [0.15, 0.2) is 17.1 Å². The van der Waals surface area contributed by atoms with Gasteiger partial charge in [0.05, 0.1) is 5.54 Å². The molecule has 12 heavy (non-hydrogen) atoms. The minimum Gasteiger partial charge on any atom is -0.320 e. The van der Waals surface area contributed by atoms with Gasteiger partial charge in [-0.25, -0.2) is 0 Å². The van der Waals surface area contributed by atoms with Crippen LogP contribution in [-0.2, 0) is 0 Å². The van der Waals surface area contributed by atoms with Crippen molar-refractivity contribution in [2.24, 2.45) is 4.99 Å². The Morgan fingerprint density at radius 3 is 2.92 bits per heavy atom. The lowest BCUT2D eigenvalue weighted by Crippen LogP contribution is -2.30. The van der Waals surface area contributed by atoms with Crippen LogP contribution in [0, 0.1) is 0 Å². The molecule has 68 valence electrons. The highest BCUT2D eigenvalue weighted by Gasteiger charge is 2.25. The van der Waals surface area contributed by atoms with Crippen molar-refractivity contribution in [2.75, 3.05) is 13.6 Å². The van der Waals surface area contributed by atoms with E-state index in [0.29, 0.717) is 0 Å². The molecule has 0 amide bonds. The zero-order chi connectivity index (χ0) is 8.86. The van der Waals surface area contributed by atoms with Gasteiger partial charge in [0.25, 0.3) is 0 Å². The number of rotatable bonds is 4. The van der Waals surface area contributed by atoms with Gasteiger partial charge < -0.3 is 5.32 Å². The third-order valence-corrected chi connectivity index (χ3v) is 2.57. The Hall–Kier alpha value is -0.630. The van der Waals surface area contributed by atoms with Gasteiger partial charge in [-0.05, 0) is 38.9 Å². The first-order chi connectivity index (χ1) is 5.83. The smallest absolute Gasteiger partial charge is 0.0652 e. The third-order valence-electron chi connectivity index (χ3n) is 2.57. The molecular weight excluding hydrogens is 148 g/mol. The minimum atomic E-state index is 0.192. The number of nitrogens with zero attached hydrogens (tertiary/aromatic N) is 1. The normalized spacial score (nSPS) is 27.8. The number of hydrogen-bond acceptors (Lipinski definition) is 2. The lowest BCUT2D eigenvalue weighted by atomic mass is 9.87. The van der Waals surface area contributed by atoms with Crippen LogP contribution >= 0.6 is 0 Å². The van der Waals surface area contributed by atoms with Crippen LogP contribution in [-0.4, -0.2) is 25.3 Å². The Balaban J connectivity index is 2.51. The summed E-state index contributed by atoms with van der Waals surface area (Å²) in [5.74, 6) is 0. The van der Waals surface area contributed by atoms with Gasteiger partial charge in [0.2, 0.25) is 0 Å². The molecule has 0 bridgehead atoms. The van der Waals surface area contributed by atoms with Gasteiger partial charge in [0, 0.05) is 6.21 Å². The summed E-state index contributed by atoms with van der Waals surface area (Å²) in [4.78, 5) is 4.57. The number of allylic oxidation sites excluding steroid dienone is 1. The average molecular weight is 166 g/mol. The van der Waals surface area contributed by atoms with Crippen LogP contribution < -0.4 is 5.32 Å². The van der Waals surface area contributed by atoms with Crippen LogP contribution in [0.3, 0.4) is 0 Å². The topological polar surface area (TPSA) is 24.4 Å². The molecular formula is C10H18N2. The molecule has 2 heteroatoms. The summed E-state index contributed by atoms with van der Waals surface area (Å²) in [5.41, 5.74) is 0.192. The molecule has 0 aromatic carbocycles. The number of aliphatic imine (C=N–C) groups is 1. The van der Waals surface area contributed by atoms with E-state index in [0.717, 1.165) is 25.8 Å². The van der Waals surface area contributed by atoms with E-state index in [-0.39, 0.29) is 5.54 Å². The fraction of sp³-hybridized carbons (Fsp3) is 0.700. The van der Waals surface area contributed by atoms with Crippen molar-refractivity contribution in [1.82, 2.24) is 5.32 Å². The van der Waals surface area contributed by atoms with Gasteiger partial charge >= 0.3 is 0 Å². The monoisotopic (exact) mass is 166 g/mol. The summed E-state index contributed by atoms with van der Waals surface area (Å²) in [6.07, 6.45) is 9.56. The van der Waals surface area contributed by atoms with Crippen molar-refractivity contribution < 1.29 is 0 Å². The van der Waals surface area contributed by atoms with Gasteiger partial charge in [-0.3, -0.25) is 4.99 Å². The van der Waals surface area contributed by atoms with E-state index in [1.54, 1.807) is 0 Å². The van der Waals surface area contributed by atoms with E-state index in [1.165, 1.54) is 0 Å². The van der Waals surface area contributed by atoms with E-state index in [1.807, 2.05) is 19.3 Å². The second-order valence-electron chi connectivity index (χ2n) is 3.34. The van der Waals surface area contributed by atoms with Crippen molar-refractivity contribution in [3.8, 4) is 0 Å². The maximum absolute atomic E-state index is 4.57. The van der Waals surface area contributed by atoms with Crippen molar-refractivity contribution in [2.45, 2.75) is 31.7 Å². The molecule has 0 radical (unpaired) electrons. The van der Waals surface area contributed by atoms with E-state index >= 15 is 0 Å². The summed E-state index contributed by atoms with van der Waals surface area (Å²) in [5, 5.41) is 3.18. The van der Waals surface area contributed by atoms with E-state index in [2.05, 4.69) is 23.3 Å². The molecule has 1 heterocycles. The Labute approximate surface area is 74.8 Å². The van der Waals surface area contributed by atoms with Crippen LogP contribution in [0.1, 0.15) is 26.2 Å². The van der Waals surface area contributed by atoms with E-state index in [4.69, 9.17) is 0 Å². The van der Waals surface area contributed by atoms with Crippen LogP contribution in [0.25, 0.3) is 0 Å². The first kappa shape index (κ1) is 9.46. The summed E-state index contributed by atoms with van der Waals surface area (Å²) in [6, 6.07) is 0. The zero-order valence-electron chi connectivity index (χ0n) is 8.01. The molecule has 0 spiro atoms. The van der Waals surface area contributed by atoms with Crippen molar-refractivity contribution in [1.29, 1.82) is 0 Å². The fourth-order valence-electron chi connectivity index (χ4n) is 1.54. The van der Waals surface area contributed by atoms with Crippen LogP contribution in [0.5, 0.6) is 0 Å². The molecule has 1 aliphatic rings. The molecule has 0 aliphatic carbocycles. The van der Waals surface area contributed by atoms with Gasteiger partial charge in [-0.15, -0.1) is 0 Å². The Morgan fingerprint density at radius 2 is 2.42 bits per heavy atom. The van der Waals surface area contributed by atoms with Gasteiger partial charge in [-0.1, -0.05) is 13.0 Å². The molecule has 2 nitrogen and oxygen atoms in total. The van der Waals surface area contributed by atoms with Crippen LogP contribution in [0.2, 0.25) is 0 Å². The molecule has 1 rings (SSSR count). The Kier molecular flexibility index (Phi) is 3.48. The summed E-state index contributed by atoms with van der Waals surface area (Å²) in [7, 11) is 1.99. The van der Waals surface area contributed by atoms with Crippen molar-refractivity contribution in [3.63, 3.8) is 0 Å². The largest absolute Gasteiger partial charge is 0.320 e. The second-order valence-corrected chi connectivity index (χ2v) is 3.34. The summed E-state index contributed by atoms with van der Waals surface area (Å²) >= 11 is 0. The highest BCUT2D eigenvalue weighted by Crippen LogP contribution is 2.26. The number of hydrogen-bond donors (Lipinski definition) is 1. The molecule has 1 atom stereocenters. The maximum Gasteiger partial charge on any atom is 0.0652 e. The molecule has 1 aliphatic heterocycles. The highest BCUT2D eigenvalue weighted by atomic mass is 14.9. The van der Waals surface area contributed by atoms with Crippen molar-refractivity contribution in [3.05, 3.63) is 12.2 Å². The SMILES string of the molecule is CCC1(CCNC)CC=CC=N1. The molecule has 0 saturated heterocycles. The molecule has 0 aromatic heterocycles. The molecule has 0 saturated carbocycles. The van der Waals surface area contributed by atoms with Gasteiger partial charge in [0.15, 0.2) is 0 Å². The second kappa shape index (κ2) is 4.41. The average Bonchev–Trinajstić information content (AvgIpc) is 2.16. The minimum absolute atomic E-state index is 0.192. The fourth-order valence-corrected chi connectivity index (χ4v) is 1.54. The Morgan fingerprint density at radius 1 is 1.58 bits per heavy atom. The zero-order valence-corrected chi connectivity index (χ0v) is 8.01. The summed E-state index contributed by atoms with van der Waals surface area (Å²) in [6.45, 7) is 3.27.